The summed E-state index contributed by atoms with van der Waals surface area (Å²) < 4.78 is 0. The standard InChI is InChI=1S/C18H21N5O3/c24-16-5-4-14(21-16)18(26)23-7-1-6-22(8-9-23)17(25)12-2-3-13-15(10-12)20-11-19-13/h2-3,10-11,14H,1,4-9H2,(H,19,20)(H,21,24). The van der Waals surface area contributed by atoms with E-state index in [4.69, 9.17) is 0 Å². The lowest BCUT2D eigenvalue weighted by molar-refractivity contribution is -0.134. The average molecular weight is 355 g/mol. The number of fused-ring (bicyclic) bond motifs is 1. The monoisotopic (exact) mass is 355 g/mol. The summed E-state index contributed by atoms with van der Waals surface area (Å²) in [4.78, 5) is 47.5. The van der Waals surface area contributed by atoms with E-state index in [2.05, 4.69) is 15.3 Å². The van der Waals surface area contributed by atoms with E-state index in [1.165, 1.54) is 0 Å². The van der Waals surface area contributed by atoms with E-state index in [1.54, 1.807) is 22.2 Å². The maximum atomic E-state index is 12.8. The highest BCUT2D eigenvalue weighted by Gasteiger charge is 2.32. The molecule has 1 aromatic carbocycles. The van der Waals surface area contributed by atoms with E-state index in [-0.39, 0.29) is 17.7 Å². The zero-order chi connectivity index (χ0) is 18.1. The fourth-order valence-corrected chi connectivity index (χ4v) is 3.61. The topological polar surface area (TPSA) is 98.4 Å². The number of benzene rings is 1. The second-order valence-electron chi connectivity index (χ2n) is 6.76. The maximum absolute atomic E-state index is 12.8. The number of aromatic nitrogens is 2. The Morgan fingerprint density at radius 3 is 2.73 bits per heavy atom. The van der Waals surface area contributed by atoms with Crippen molar-refractivity contribution in [1.29, 1.82) is 0 Å². The van der Waals surface area contributed by atoms with Crippen LogP contribution >= 0.6 is 0 Å². The Bertz CT molecular complexity index is 861. The molecule has 2 aliphatic rings. The molecule has 0 spiro atoms. The first-order valence-corrected chi connectivity index (χ1v) is 8.92. The predicted molar refractivity (Wildman–Crippen MR) is 94.4 cm³/mol. The summed E-state index contributed by atoms with van der Waals surface area (Å²) in [5.41, 5.74) is 2.27. The molecule has 2 saturated heterocycles. The lowest BCUT2D eigenvalue weighted by Crippen LogP contribution is -2.46. The van der Waals surface area contributed by atoms with Gasteiger partial charge in [-0.2, -0.15) is 0 Å². The van der Waals surface area contributed by atoms with Crippen molar-refractivity contribution >= 4 is 28.8 Å². The molecule has 136 valence electrons. The van der Waals surface area contributed by atoms with Crippen LogP contribution in [0.15, 0.2) is 24.5 Å². The van der Waals surface area contributed by atoms with Crippen molar-refractivity contribution in [3.63, 3.8) is 0 Å². The molecule has 2 aromatic rings. The molecule has 4 rings (SSSR count). The van der Waals surface area contributed by atoms with Gasteiger partial charge in [0.15, 0.2) is 0 Å². The number of nitrogens with zero attached hydrogens (tertiary/aromatic N) is 3. The molecule has 3 amide bonds. The first kappa shape index (κ1) is 16.6. The highest BCUT2D eigenvalue weighted by Crippen LogP contribution is 2.16. The molecule has 2 N–H and O–H groups in total. The third-order valence-electron chi connectivity index (χ3n) is 5.06. The van der Waals surface area contributed by atoms with E-state index >= 15 is 0 Å². The van der Waals surface area contributed by atoms with E-state index in [9.17, 15) is 14.4 Å². The first-order valence-electron chi connectivity index (χ1n) is 8.92. The van der Waals surface area contributed by atoms with Gasteiger partial charge in [0.2, 0.25) is 11.8 Å². The minimum Gasteiger partial charge on any atom is -0.345 e. The molecule has 8 nitrogen and oxygen atoms in total. The Balaban J connectivity index is 1.42. The molecule has 0 bridgehead atoms. The van der Waals surface area contributed by atoms with Crippen LogP contribution in [0.2, 0.25) is 0 Å². The Morgan fingerprint density at radius 1 is 1.12 bits per heavy atom. The molecule has 1 aromatic heterocycles. The number of amides is 3. The van der Waals surface area contributed by atoms with E-state index < -0.39 is 6.04 Å². The molecule has 0 saturated carbocycles. The zero-order valence-corrected chi connectivity index (χ0v) is 14.4. The molecular weight excluding hydrogens is 334 g/mol. The van der Waals surface area contributed by atoms with Crippen LogP contribution in [0.3, 0.4) is 0 Å². The van der Waals surface area contributed by atoms with Crippen LogP contribution < -0.4 is 5.32 Å². The minimum absolute atomic E-state index is 0.0371. The van der Waals surface area contributed by atoms with Crippen molar-refractivity contribution in [2.45, 2.75) is 25.3 Å². The summed E-state index contributed by atoms with van der Waals surface area (Å²) in [6.45, 7) is 2.20. The molecule has 0 radical (unpaired) electrons. The van der Waals surface area contributed by atoms with Crippen LogP contribution in [0.4, 0.5) is 0 Å². The largest absolute Gasteiger partial charge is 0.345 e. The molecule has 1 atom stereocenters. The zero-order valence-electron chi connectivity index (χ0n) is 14.4. The van der Waals surface area contributed by atoms with Gasteiger partial charge in [0.1, 0.15) is 6.04 Å². The number of H-pyrrole nitrogens is 1. The quantitative estimate of drug-likeness (QED) is 0.820. The summed E-state index contributed by atoms with van der Waals surface area (Å²) in [5, 5.41) is 2.73. The van der Waals surface area contributed by atoms with E-state index in [0.717, 1.165) is 17.5 Å². The first-order chi connectivity index (χ1) is 12.6. The second-order valence-corrected chi connectivity index (χ2v) is 6.76. The van der Waals surface area contributed by atoms with Gasteiger partial charge < -0.3 is 20.1 Å². The third kappa shape index (κ3) is 3.14. The molecule has 8 heteroatoms. The maximum Gasteiger partial charge on any atom is 0.253 e. The van der Waals surface area contributed by atoms with Crippen LogP contribution in [-0.4, -0.2) is 69.7 Å². The normalized spacial score (nSPS) is 20.9. The summed E-state index contributed by atoms with van der Waals surface area (Å²) in [6, 6.07) is 5.02. The molecule has 3 heterocycles. The minimum atomic E-state index is -0.410. The van der Waals surface area contributed by atoms with E-state index in [1.807, 2.05) is 12.1 Å². The molecule has 26 heavy (non-hydrogen) atoms. The molecule has 1 unspecified atom stereocenters. The van der Waals surface area contributed by atoms with Crippen molar-refractivity contribution in [3.8, 4) is 0 Å². The van der Waals surface area contributed by atoms with Gasteiger partial charge in [-0.15, -0.1) is 0 Å². The number of carbonyl (C=O) groups excluding carboxylic acids is 3. The fraction of sp³-hybridized carbons (Fsp3) is 0.444. The van der Waals surface area contributed by atoms with Crippen LogP contribution in [0.1, 0.15) is 29.6 Å². The number of hydrogen-bond acceptors (Lipinski definition) is 4. The fourth-order valence-electron chi connectivity index (χ4n) is 3.61. The van der Waals surface area contributed by atoms with Gasteiger partial charge >= 0.3 is 0 Å². The number of imidazole rings is 1. The van der Waals surface area contributed by atoms with Crippen LogP contribution in [-0.2, 0) is 9.59 Å². The van der Waals surface area contributed by atoms with Crippen molar-refractivity contribution in [2.75, 3.05) is 26.2 Å². The van der Waals surface area contributed by atoms with Crippen molar-refractivity contribution in [2.24, 2.45) is 0 Å². The average Bonchev–Trinajstić information content (AvgIpc) is 3.22. The van der Waals surface area contributed by atoms with Crippen molar-refractivity contribution < 1.29 is 14.4 Å². The Hall–Kier alpha value is -2.90. The Morgan fingerprint density at radius 2 is 1.92 bits per heavy atom. The van der Waals surface area contributed by atoms with Gasteiger partial charge in [-0.3, -0.25) is 14.4 Å². The summed E-state index contributed by atoms with van der Waals surface area (Å²) in [7, 11) is 0. The molecule has 0 aliphatic carbocycles. The third-order valence-corrected chi connectivity index (χ3v) is 5.06. The molecule has 2 fully saturated rings. The van der Waals surface area contributed by atoms with Crippen LogP contribution in [0.25, 0.3) is 11.0 Å². The van der Waals surface area contributed by atoms with Gasteiger partial charge in [0.25, 0.3) is 5.91 Å². The molecule has 2 aliphatic heterocycles. The summed E-state index contributed by atoms with van der Waals surface area (Å²) >= 11 is 0. The predicted octanol–water partition coefficient (Wildman–Crippen LogP) is 0.516. The number of rotatable bonds is 2. The van der Waals surface area contributed by atoms with Crippen molar-refractivity contribution in [3.05, 3.63) is 30.1 Å². The van der Waals surface area contributed by atoms with E-state index in [0.29, 0.717) is 44.6 Å². The number of aromatic amines is 1. The summed E-state index contributed by atoms with van der Waals surface area (Å²) in [6.07, 6.45) is 3.30. The number of hydrogen-bond donors (Lipinski definition) is 2. The summed E-state index contributed by atoms with van der Waals surface area (Å²) in [5.74, 6) is -0.141. The smallest absolute Gasteiger partial charge is 0.253 e. The van der Waals surface area contributed by atoms with Gasteiger partial charge in [0, 0.05) is 38.2 Å². The second kappa shape index (κ2) is 6.78. The van der Waals surface area contributed by atoms with Gasteiger partial charge in [0.05, 0.1) is 17.4 Å². The highest BCUT2D eigenvalue weighted by atomic mass is 16.2. The Labute approximate surface area is 150 Å². The van der Waals surface area contributed by atoms with Gasteiger partial charge in [-0.1, -0.05) is 0 Å². The van der Waals surface area contributed by atoms with Gasteiger partial charge in [-0.05, 0) is 31.0 Å². The van der Waals surface area contributed by atoms with Gasteiger partial charge in [-0.25, -0.2) is 4.98 Å². The SMILES string of the molecule is O=C1CCC(C(=O)N2CCCN(C(=O)c3ccc4nc[nH]c4c3)CC2)N1. The lowest BCUT2D eigenvalue weighted by Gasteiger charge is -2.24. The Kier molecular flexibility index (Phi) is 4.32. The highest BCUT2D eigenvalue weighted by molar-refractivity contribution is 5.97. The lowest BCUT2D eigenvalue weighted by atomic mass is 10.1. The number of carbonyl (C=O) groups is 3. The van der Waals surface area contributed by atoms with Crippen molar-refractivity contribution in [1.82, 2.24) is 25.1 Å². The number of nitrogens with one attached hydrogen (secondary N) is 2. The molecular formula is C18H21N5O3. The van der Waals surface area contributed by atoms with Crippen LogP contribution in [0.5, 0.6) is 0 Å². The van der Waals surface area contributed by atoms with Crippen LogP contribution in [0, 0.1) is 0 Å².